The molecule has 17 nitrogen and oxygen atoms in total. The summed E-state index contributed by atoms with van der Waals surface area (Å²) in [6.45, 7) is -0.973. The minimum atomic E-state index is -4.52. The molecule has 4 aromatic rings. The van der Waals surface area contributed by atoms with Gasteiger partial charge < -0.3 is 49.5 Å². The molecule has 0 aromatic carbocycles. The molecule has 0 spiro atoms. The second kappa shape index (κ2) is 9.72. The number of aromatic nitrogens is 7. The van der Waals surface area contributed by atoms with Crippen LogP contribution in [-0.4, -0.2) is 97.6 Å². The van der Waals surface area contributed by atoms with E-state index in [2.05, 4.69) is 24.9 Å². The Morgan fingerprint density at radius 3 is 2.74 bits per heavy atom. The Kier molecular flexibility index (Phi) is 6.47. The first-order valence-corrected chi connectivity index (χ1v) is 13.6. The monoisotopic (exact) mass is 564 g/mol. The van der Waals surface area contributed by atoms with Crippen molar-refractivity contribution in [2.45, 2.75) is 49.0 Å². The summed E-state index contributed by atoms with van der Waals surface area (Å²) in [6, 6.07) is 1.64. The molecule has 0 saturated carbocycles. The summed E-state index contributed by atoms with van der Waals surface area (Å²) in [4.78, 5) is 41.6. The molecule has 0 aliphatic carbocycles. The number of ether oxygens (including phenoxy) is 2. The third-order valence-corrected chi connectivity index (χ3v) is 8.83. The van der Waals surface area contributed by atoms with Crippen LogP contribution in [0.2, 0.25) is 0 Å². The lowest BCUT2D eigenvalue weighted by Crippen LogP contribution is -2.34. The van der Waals surface area contributed by atoms with Crippen LogP contribution >= 0.6 is 7.60 Å². The summed E-state index contributed by atoms with van der Waals surface area (Å²) in [5, 5.41) is 31.5. The Hall–Kier alpha value is -3.28. The predicted octanol–water partition coefficient (Wildman–Crippen LogP) is -1.38. The van der Waals surface area contributed by atoms with Crippen LogP contribution in [0.1, 0.15) is 18.9 Å². The molecule has 2 aliphatic rings. The molecule has 0 radical (unpaired) electrons. The summed E-state index contributed by atoms with van der Waals surface area (Å²) in [7, 11) is -4.52. The van der Waals surface area contributed by atoms with Crippen molar-refractivity contribution in [3.05, 3.63) is 41.6 Å². The van der Waals surface area contributed by atoms with Crippen molar-refractivity contribution in [3.63, 3.8) is 0 Å². The Morgan fingerprint density at radius 1 is 1.13 bits per heavy atom. The number of fused-ring (bicyclic) bond motifs is 2. The zero-order valence-electron chi connectivity index (χ0n) is 20.1. The van der Waals surface area contributed by atoms with Gasteiger partial charge in [-0.2, -0.15) is 0 Å². The fourth-order valence-electron chi connectivity index (χ4n) is 5.01. The number of nitrogen functional groups attached to an aromatic ring is 1. The number of H-pyrrole nitrogens is 1. The van der Waals surface area contributed by atoms with Crippen LogP contribution in [0, 0.1) is 0 Å². The Balaban J connectivity index is 1.21. The van der Waals surface area contributed by atoms with Gasteiger partial charge in [-0.25, -0.2) is 19.9 Å². The number of aromatic amines is 1. The van der Waals surface area contributed by atoms with E-state index in [0.717, 1.165) is 0 Å². The molecule has 8 atom stereocenters. The third kappa shape index (κ3) is 4.32. The molecule has 0 amide bonds. The molecule has 2 aliphatic heterocycles. The number of nitrogens with zero attached hydrogens (tertiary/aromatic N) is 6. The molecule has 18 heteroatoms. The van der Waals surface area contributed by atoms with E-state index in [-0.39, 0.29) is 23.4 Å². The molecule has 2 fully saturated rings. The van der Waals surface area contributed by atoms with Crippen LogP contribution in [0.15, 0.2) is 36.0 Å². The smallest absolute Gasteiger partial charge is 0.335 e. The van der Waals surface area contributed by atoms with Crippen molar-refractivity contribution in [2.75, 3.05) is 18.9 Å². The van der Waals surface area contributed by atoms with Crippen molar-refractivity contribution in [2.24, 2.45) is 0 Å². The number of hydrogen-bond donors (Lipinski definition) is 6. The van der Waals surface area contributed by atoms with Gasteiger partial charge in [0.15, 0.2) is 23.6 Å². The van der Waals surface area contributed by atoms with Crippen LogP contribution in [0.4, 0.5) is 5.82 Å². The Morgan fingerprint density at radius 2 is 1.95 bits per heavy atom. The molecular formula is C21H25N8O9P. The van der Waals surface area contributed by atoms with E-state index in [0.29, 0.717) is 11.0 Å². The van der Waals surface area contributed by atoms with Crippen molar-refractivity contribution in [3.8, 4) is 0 Å². The molecule has 39 heavy (non-hydrogen) atoms. The minimum absolute atomic E-state index is 0.00746. The fourth-order valence-corrected chi connectivity index (χ4v) is 6.60. The highest BCUT2D eigenvalue weighted by molar-refractivity contribution is 7.53. The Labute approximate surface area is 218 Å². The largest absolute Gasteiger partial charge is 0.394 e. The van der Waals surface area contributed by atoms with Gasteiger partial charge in [0.2, 0.25) is 0 Å². The first kappa shape index (κ1) is 26.0. The summed E-state index contributed by atoms with van der Waals surface area (Å²) < 4.78 is 33.3. The maximum atomic E-state index is 13.5. The van der Waals surface area contributed by atoms with E-state index in [9.17, 15) is 29.6 Å². The second-order valence-corrected chi connectivity index (χ2v) is 11.4. The Bertz CT molecular complexity index is 1620. The second-order valence-electron chi connectivity index (χ2n) is 9.32. The number of nitrogens with two attached hydrogens (primary N) is 1. The first-order chi connectivity index (χ1) is 18.7. The van der Waals surface area contributed by atoms with Crippen molar-refractivity contribution in [1.82, 2.24) is 34.1 Å². The standard InChI is InChI=1S/C21H25N8O9P/c22-16-10-1-2-28(17(10)24-6-23-16)21-15(32)14(31)11(38-21)5-36-39(34,35)12-3-9(4-30)37-20(12)29-8-27-13-18(29)25-7-26-19(13)33/h1-2,6-9,11-12,14-15,20-21,30-32H,3-5H2,(H,34,35)(H2,22,23,24)(H,25,26,33)/t9-,11+,12+,14+,15+,20+,21+/m0/s1. The fraction of sp³-hybridized carbons (Fsp3) is 0.476. The van der Waals surface area contributed by atoms with Crippen LogP contribution in [0.3, 0.4) is 0 Å². The summed E-state index contributed by atoms with van der Waals surface area (Å²) >= 11 is 0. The van der Waals surface area contributed by atoms with Crippen LogP contribution in [-0.2, 0) is 18.6 Å². The average Bonchev–Trinajstić information content (AvgIpc) is 3.69. The SMILES string of the molecule is Nc1ncnc2c1ccn2[C@@H]1O[C@H](COP(=O)(O)[C@@H]2C[C@@H](CO)O[C@H]2n2cnc3c(=O)[nH]cnc32)[C@@H](O)[C@H]1O. The van der Waals surface area contributed by atoms with Crippen LogP contribution in [0.5, 0.6) is 0 Å². The number of anilines is 1. The highest BCUT2D eigenvalue weighted by Gasteiger charge is 2.50. The number of rotatable bonds is 7. The van der Waals surface area contributed by atoms with E-state index in [4.69, 9.17) is 19.7 Å². The van der Waals surface area contributed by atoms with Gasteiger partial charge in [0.25, 0.3) is 5.56 Å². The van der Waals surface area contributed by atoms with Gasteiger partial charge in [0.1, 0.15) is 41.8 Å². The lowest BCUT2D eigenvalue weighted by Gasteiger charge is -2.25. The molecular weight excluding hydrogens is 539 g/mol. The molecule has 1 unspecified atom stereocenters. The lowest BCUT2D eigenvalue weighted by atomic mass is 10.1. The maximum absolute atomic E-state index is 13.5. The summed E-state index contributed by atoms with van der Waals surface area (Å²) in [5.41, 5.74) is 4.69. The third-order valence-electron chi connectivity index (χ3n) is 7.00. The van der Waals surface area contributed by atoms with E-state index < -0.39 is 68.9 Å². The average molecular weight is 564 g/mol. The van der Waals surface area contributed by atoms with Gasteiger partial charge in [-0.05, 0) is 12.5 Å². The zero-order valence-corrected chi connectivity index (χ0v) is 21.0. The van der Waals surface area contributed by atoms with Gasteiger partial charge in [0, 0.05) is 6.20 Å². The highest BCUT2D eigenvalue weighted by atomic mass is 31.2. The van der Waals surface area contributed by atoms with Crippen LogP contribution in [0.25, 0.3) is 22.2 Å². The van der Waals surface area contributed by atoms with Crippen molar-refractivity contribution in [1.29, 1.82) is 0 Å². The number of nitrogens with one attached hydrogen (secondary N) is 1. The lowest BCUT2D eigenvalue weighted by molar-refractivity contribution is -0.0492. The molecule has 6 rings (SSSR count). The van der Waals surface area contributed by atoms with E-state index in [1.807, 2.05) is 0 Å². The van der Waals surface area contributed by atoms with Crippen molar-refractivity contribution >= 4 is 35.6 Å². The van der Waals surface area contributed by atoms with E-state index in [1.165, 1.54) is 28.1 Å². The van der Waals surface area contributed by atoms with Gasteiger partial charge in [-0.15, -0.1) is 0 Å². The summed E-state index contributed by atoms with van der Waals surface area (Å²) in [6.07, 6.45) is -1.86. The number of imidazole rings is 1. The van der Waals surface area contributed by atoms with Gasteiger partial charge >= 0.3 is 7.60 Å². The number of aliphatic hydroxyl groups excluding tert-OH is 3. The maximum Gasteiger partial charge on any atom is 0.335 e. The van der Waals surface area contributed by atoms with E-state index >= 15 is 0 Å². The van der Waals surface area contributed by atoms with Gasteiger partial charge in [-0.1, -0.05) is 0 Å². The quantitative estimate of drug-likeness (QED) is 0.142. The predicted molar refractivity (Wildman–Crippen MR) is 131 cm³/mol. The molecule has 2 saturated heterocycles. The van der Waals surface area contributed by atoms with Gasteiger partial charge in [0.05, 0.1) is 37.4 Å². The molecule has 0 bridgehead atoms. The van der Waals surface area contributed by atoms with Crippen LogP contribution < -0.4 is 11.3 Å². The normalized spacial score (nSPS) is 30.8. The number of aliphatic hydroxyl groups is 3. The molecule has 208 valence electrons. The number of hydrogen-bond acceptors (Lipinski definition) is 13. The molecule has 7 N–H and O–H groups in total. The van der Waals surface area contributed by atoms with Gasteiger partial charge in [-0.3, -0.25) is 13.9 Å². The topological polar surface area (TPSA) is 246 Å². The zero-order chi connectivity index (χ0) is 27.5. The minimum Gasteiger partial charge on any atom is -0.394 e. The highest BCUT2D eigenvalue weighted by Crippen LogP contribution is 2.57. The first-order valence-electron chi connectivity index (χ1n) is 11.9. The van der Waals surface area contributed by atoms with E-state index in [1.54, 1.807) is 12.3 Å². The molecule has 6 heterocycles. The van der Waals surface area contributed by atoms with Crippen molar-refractivity contribution < 1.29 is 38.8 Å². The molecule has 4 aromatic heterocycles. The summed E-state index contributed by atoms with van der Waals surface area (Å²) in [5.74, 6) is 0.230.